The predicted molar refractivity (Wildman–Crippen MR) is 329 cm³/mol. The lowest BCUT2D eigenvalue weighted by molar-refractivity contribution is -0.145. The Morgan fingerprint density at radius 2 is 0.822 bits per heavy atom. The van der Waals surface area contributed by atoms with E-state index in [1.807, 2.05) is 39.8 Å². The quantitative estimate of drug-likeness (QED) is 0.0237. The molecule has 0 unspecified atom stereocenters. The number of esters is 8. The van der Waals surface area contributed by atoms with Gasteiger partial charge in [0.25, 0.3) is 0 Å². The largest absolute Gasteiger partial charge is 0.465 e. The van der Waals surface area contributed by atoms with E-state index in [1.165, 1.54) is 35.7 Å². The molecule has 3 aromatic rings. The lowest BCUT2D eigenvalue weighted by Crippen LogP contribution is -2.30. The third kappa shape index (κ3) is 23.1. The zero-order valence-corrected chi connectivity index (χ0v) is 53.1. The van der Waals surface area contributed by atoms with Gasteiger partial charge in [-0.15, -0.1) is 23.5 Å². The number of fused-ring (bicyclic) bond motifs is 1. The summed E-state index contributed by atoms with van der Waals surface area (Å²) in [5.41, 5.74) is 0.856. The number of benzene rings is 3. The van der Waals surface area contributed by atoms with Crippen LogP contribution in [0, 0.1) is 63.1 Å². The number of thioether (sulfide) groups is 2. The Morgan fingerprint density at radius 1 is 0.489 bits per heavy atom. The van der Waals surface area contributed by atoms with Crippen molar-refractivity contribution >= 4 is 82.8 Å². The molecule has 2 saturated carbocycles. The van der Waals surface area contributed by atoms with Crippen LogP contribution in [-0.2, 0) is 79.7 Å². The van der Waals surface area contributed by atoms with Gasteiger partial charge in [0, 0.05) is 50.7 Å². The first-order valence-corrected chi connectivity index (χ1v) is 32.0. The molecule has 2 fully saturated rings. The summed E-state index contributed by atoms with van der Waals surface area (Å²) in [6.45, 7) is 14.8. The van der Waals surface area contributed by atoms with Crippen LogP contribution in [-0.4, -0.2) is 90.3 Å². The summed E-state index contributed by atoms with van der Waals surface area (Å²) in [5, 5.41) is 19.6. The van der Waals surface area contributed by atoms with Gasteiger partial charge in [-0.2, -0.15) is 10.5 Å². The highest BCUT2D eigenvalue weighted by molar-refractivity contribution is 8.19. The van der Waals surface area contributed by atoms with Crippen molar-refractivity contribution in [2.24, 2.45) is 40.4 Å². The average molecular weight is 1280 g/mol. The number of carbonyl (C=O) groups excluding carboxylic acids is 10. The van der Waals surface area contributed by atoms with Gasteiger partial charge in [-0.3, -0.25) is 38.4 Å². The van der Waals surface area contributed by atoms with Crippen LogP contribution in [0.5, 0.6) is 23.0 Å². The third-order valence-electron chi connectivity index (χ3n) is 15.8. The average Bonchev–Trinajstić information content (AvgIpc) is 1.64. The third-order valence-corrected chi connectivity index (χ3v) is 18.8. The molecule has 0 radical (unpaired) electrons. The van der Waals surface area contributed by atoms with E-state index in [9.17, 15) is 58.5 Å². The highest BCUT2D eigenvalue weighted by Crippen LogP contribution is 2.58. The number of Topliss-reactive ketones (excluding diaryl/α,β-unsaturated/α-hetero) is 2. The first-order valence-electron chi connectivity index (χ1n) is 30.2. The number of ether oxygens (including phenoxy) is 8. The minimum atomic E-state index is -1.04. The maximum atomic E-state index is 13.7. The molecule has 1 heterocycles. The summed E-state index contributed by atoms with van der Waals surface area (Å²) in [5.74, 6) is -6.05. The molecule has 0 saturated heterocycles. The molecule has 0 bridgehead atoms. The molecule has 6 rings (SSSR count). The summed E-state index contributed by atoms with van der Waals surface area (Å²) >= 11 is 2.35. The van der Waals surface area contributed by atoms with Gasteiger partial charge >= 0.3 is 47.8 Å². The van der Waals surface area contributed by atoms with Crippen LogP contribution in [0.2, 0.25) is 0 Å². The monoisotopic (exact) mass is 1270 g/mol. The van der Waals surface area contributed by atoms with Gasteiger partial charge in [0.05, 0.1) is 89.5 Å². The van der Waals surface area contributed by atoms with Crippen LogP contribution in [0.1, 0.15) is 142 Å². The zero-order chi connectivity index (χ0) is 65.4. The zero-order valence-electron chi connectivity index (χ0n) is 51.4. The summed E-state index contributed by atoms with van der Waals surface area (Å²) in [6.07, 6.45) is 7.36. The Morgan fingerprint density at radius 3 is 1.14 bits per heavy atom. The Labute approximate surface area is 533 Å². The molecule has 0 aromatic heterocycles. The molecule has 90 heavy (non-hydrogen) atoms. The summed E-state index contributed by atoms with van der Waals surface area (Å²) in [6, 6.07) is 20.7. The van der Waals surface area contributed by atoms with E-state index >= 15 is 0 Å². The van der Waals surface area contributed by atoms with Gasteiger partial charge < -0.3 is 37.9 Å². The Kier molecular flexibility index (Phi) is 27.4. The Hall–Kier alpha value is -8.08. The van der Waals surface area contributed by atoms with Crippen LogP contribution in [0.4, 0.5) is 0 Å². The van der Waals surface area contributed by atoms with E-state index in [0.29, 0.717) is 98.3 Å². The number of carbonyl (C=O) groups is 10. The van der Waals surface area contributed by atoms with Crippen LogP contribution < -0.4 is 18.9 Å². The molecule has 3 aliphatic rings. The van der Waals surface area contributed by atoms with Crippen molar-refractivity contribution in [2.45, 2.75) is 158 Å². The van der Waals surface area contributed by atoms with E-state index in [4.69, 9.17) is 37.9 Å². The maximum absolute atomic E-state index is 13.7. The number of ketones is 2. The molecule has 20 nitrogen and oxygen atoms in total. The molecule has 0 atom stereocenters. The van der Waals surface area contributed by atoms with Crippen LogP contribution >= 0.6 is 23.5 Å². The van der Waals surface area contributed by atoms with E-state index in [1.54, 1.807) is 48.5 Å². The maximum Gasteiger partial charge on any atom is 0.330 e. The molecular formula is C68H78N2O18S2. The van der Waals surface area contributed by atoms with Gasteiger partial charge in [-0.25, -0.2) is 9.59 Å². The van der Waals surface area contributed by atoms with Crippen LogP contribution in [0.25, 0.3) is 0 Å². The number of rotatable bonds is 33. The van der Waals surface area contributed by atoms with Crippen molar-refractivity contribution in [3.05, 3.63) is 97.1 Å². The van der Waals surface area contributed by atoms with Crippen molar-refractivity contribution in [3.63, 3.8) is 0 Å². The second-order valence-corrected chi connectivity index (χ2v) is 26.7. The summed E-state index contributed by atoms with van der Waals surface area (Å²) in [4.78, 5) is 127. The fourth-order valence-corrected chi connectivity index (χ4v) is 12.9. The first kappa shape index (κ1) is 71.0. The van der Waals surface area contributed by atoms with E-state index in [-0.39, 0.29) is 88.0 Å². The lowest BCUT2D eigenvalue weighted by atomic mass is 9.82. The fourth-order valence-electron chi connectivity index (χ4n) is 10.0. The molecular weight excluding hydrogens is 1200 g/mol. The smallest absolute Gasteiger partial charge is 0.330 e. The molecule has 0 spiro atoms. The highest BCUT2D eigenvalue weighted by Gasteiger charge is 2.39. The van der Waals surface area contributed by atoms with Crippen molar-refractivity contribution in [2.75, 3.05) is 26.4 Å². The van der Waals surface area contributed by atoms with E-state index < -0.39 is 92.8 Å². The van der Waals surface area contributed by atoms with E-state index in [2.05, 4.69) is 13.2 Å². The van der Waals surface area contributed by atoms with Gasteiger partial charge in [-0.05, 0) is 123 Å². The van der Waals surface area contributed by atoms with Gasteiger partial charge in [0.1, 0.15) is 34.6 Å². The van der Waals surface area contributed by atoms with Crippen molar-refractivity contribution in [3.8, 4) is 35.1 Å². The summed E-state index contributed by atoms with van der Waals surface area (Å²) in [7, 11) is 0. The second kappa shape index (κ2) is 34.8. The Balaban J connectivity index is 0.888. The topological polar surface area (TPSA) is 292 Å². The number of nitrogens with zero attached hydrogens (tertiary/aromatic N) is 2. The number of nitriles is 2. The minimum Gasteiger partial charge on any atom is -0.465 e. The summed E-state index contributed by atoms with van der Waals surface area (Å²) < 4.78 is 43.6. The predicted octanol–water partition coefficient (Wildman–Crippen LogP) is 11.4. The minimum absolute atomic E-state index is 0.0455. The highest BCUT2D eigenvalue weighted by atomic mass is 32.2. The SMILES string of the molecule is C=CC(=O)OCC(C)(C)CCC(=O)CCC(=O)OCCc1ccc(OC(=O)C2CCC(C(=O)Oc3ccc(OC(=O)C4CCC(C(=O)Oc5ccc(CCOC(=O)CCC(=O)CCC(C)(C)COC(=O)C=C)cc5)CC4)c4c3SC(C(C#N)C#N)S4)CC2)cc1. The molecule has 1 aliphatic heterocycles. The van der Waals surface area contributed by atoms with Gasteiger partial charge in [0.2, 0.25) is 0 Å². The number of hydrogen-bond acceptors (Lipinski definition) is 22. The van der Waals surface area contributed by atoms with Crippen molar-refractivity contribution in [1.82, 2.24) is 0 Å². The van der Waals surface area contributed by atoms with Crippen molar-refractivity contribution in [1.29, 1.82) is 10.5 Å². The first-order chi connectivity index (χ1) is 43.0. The number of hydrogen-bond donors (Lipinski definition) is 0. The lowest BCUT2D eigenvalue weighted by Gasteiger charge is -2.26. The van der Waals surface area contributed by atoms with Gasteiger partial charge in [-0.1, -0.05) is 65.1 Å². The molecule has 0 amide bonds. The van der Waals surface area contributed by atoms with Crippen LogP contribution in [0.15, 0.2) is 95.8 Å². The second-order valence-electron chi connectivity index (χ2n) is 24.1. The fraction of sp³-hybridized carbons (Fsp3) is 0.500. The molecule has 480 valence electrons. The Bertz CT molecular complexity index is 2970. The normalized spacial score (nSPS) is 17.8. The van der Waals surface area contributed by atoms with Gasteiger partial charge in [0.15, 0.2) is 5.92 Å². The van der Waals surface area contributed by atoms with Crippen LogP contribution in [0.3, 0.4) is 0 Å². The molecule has 3 aromatic carbocycles. The van der Waals surface area contributed by atoms with Crippen molar-refractivity contribution < 1.29 is 85.8 Å². The van der Waals surface area contributed by atoms with E-state index in [0.717, 1.165) is 23.3 Å². The molecule has 0 N–H and O–H groups in total. The molecule has 22 heteroatoms. The molecule has 2 aliphatic carbocycles. The standard InChI is InChI=1S/C68H78N2O18S2/c1-7-56(73)83-41-67(3,4)35-31-50(71)21-29-58(75)81-37-33-43-9-23-52(24-10-43)85-62(77)45-13-17-47(18-14-45)64(79)87-54-27-28-55(61-60(54)89-66(90-61)49(39-69)40-70)88-65(80)48-19-15-46(16-20-48)63(78)86-53-25-11-44(12-26-53)34-38-82-59(76)30-22-51(72)32-36-68(5,6)42-84-57(74)8-2/h7-12,23-28,45-49,66H,1-2,13-22,29-38,41-42H2,3-6H3.